The van der Waals surface area contributed by atoms with E-state index in [1.165, 1.54) is 135 Å². The van der Waals surface area contributed by atoms with Gasteiger partial charge in [0.15, 0.2) is 6.10 Å². The van der Waals surface area contributed by atoms with Crippen LogP contribution in [0.2, 0.25) is 0 Å². The Hall–Kier alpha value is -4.45. The largest absolute Gasteiger partial charge is 0.462 e. The van der Waals surface area contributed by atoms with Crippen molar-refractivity contribution < 1.29 is 28.6 Å². The van der Waals surface area contributed by atoms with Gasteiger partial charge in [-0.05, 0) is 122 Å². The Morgan fingerprint density at radius 3 is 0.861 bits per heavy atom. The van der Waals surface area contributed by atoms with Crippen molar-refractivity contribution in [2.24, 2.45) is 0 Å². The summed E-state index contributed by atoms with van der Waals surface area (Å²) in [5.74, 6) is -1.03. The molecule has 0 radical (unpaired) electrons. The Kier molecular flexibility index (Phi) is 62.3. The molecule has 1 unspecified atom stereocenters. The second-order valence-electron chi connectivity index (χ2n) is 21.3. The van der Waals surface area contributed by atoms with Crippen molar-refractivity contribution in [1.29, 1.82) is 0 Å². The topological polar surface area (TPSA) is 78.9 Å². The minimum Gasteiger partial charge on any atom is -0.462 e. The van der Waals surface area contributed by atoms with Crippen LogP contribution in [0.5, 0.6) is 0 Å². The fourth-order valence-corrected chi connectivity index (χ4v) is 8.81. The molecule has 0 spiro atoms. The quantitative estimate of drug-likeness (QED) is 0.0261. The van der Waals surface area contributed by atoms with E-state index in [0.29, 0.717) is 19.3 Å². The van der Waals surface area contributed by atoms with Gasteiger partial charge in [0.25, 0.3) is 0 Å². The van der Waals surface area contributed by atoms with Gasteiger partial charge in [0.05, 0.1) is 0 Å². The predicted octanol–water partition coefficient (Wildman–Crippen LogP) is 22.5. The summed E-state index contributed by atoms with van der Waals surface area (Å²) in [4.78, 5) is 38.2. The minimum atomic E-state index is -0.829. The van der Waals surface area contributed by atoms with Crippen molar-refractivity contribution >= 4 is 17.9 Å². The van der Waals surface area contributed by atoms with Crippen LogP contribution in [-0.4, -0.2) is 37.2 Å². The van der Waals surface area contributed by atoms with E-state index in [2.05, 4.69) is 142 Å². The van der Waals surface area contributed by atoms with Crippen LogP contribution < -0.4 is 0 Å². The molecule has 0 aliphatic rings. The van der Waals surface area contributed by atoms with E-state index in [4.69, 9.17) is 14.2 Å². The summed E-state index contributed by atoms with van der Waals surface area (Å²) in [7, 11) is 0. The third-order valence-corrected chi connectivity index (χ3v) is 13.6. The molecule has 79 heavy (non-hydrogen) atoms. The standard InChI is InChI=1S/C73H120O6/c1-4-7-10-13-16-19-22-25-27-29-31-32-33-34-35-36-37-38-39-40-42-43-45-48-51-54-57-60-63-66-72(75)78-69-70(68-77-71(74)65-62-59-56-53-50-47-24-21-18-15-12-9-6-3)79-73(76)67-64-61-58-55-52-49-46-44-41-30-28-26-23-20-17-14-11-8-5-2/h8-9,11-12,17-18,20-22,25-26,28-29,31,41,44,47,49-50,52,56,59,70H,4-7,10,13-16,19,23-24,27,30,32-40,42-43,45-46,48,51,53-55,57-58,60-69H2,1-3H3/b11-8-,12-9-,20-17-,21-18-,25-22-,28-26-,31-29-,44-41-,50-47-,52-49-,59-56-. The summed E-state index contributed by atoms with van der Waals surface area (Å²) in [5.41, 5.74) is 0. The fourth-order valence-electron chi connectivity index (χ4n) is 8.81. The molecule has 0 N–H and O–H groups in total. The van der Waals surface area contributed by atoms with E-state index < -0.39 is 6.10 Å². The molecular formula is C73H120O6. The highest BCUT2D eigenvalue weighted by Gasteiger charge is 2.19. The molecule has 0 aromatic carbocycles. The molecule has 0 saturated heterocycles. The molecule has 6 nitrogen and oxygen atoms in total. The molecule has 0 aliphatic carbocycles. The molecule has 1 atom stereocenters. The number of allylic oxidation sites excluding steroid dienone is 22. The zero-order valence-electron chi connectivity index (χ0n) is 51.3. The van der Waals surface area contributed by atoms with Gasteiger partial charge in [0.2, 0.25) is 0 Å². The van der Waals surface area contributed by atoms with Gasteiger partial charge in [-0.15, -0.1) is 0 Å². The minimum absolute atomic E-state index is 0.116. The number of carbonyl (C=O) groups is 3. The zero-order chi connectivity index (χ0) is 57.1. The van der Waals surface area contributed by atoms with Crippen molar-refractivity contribution in [1.82, 2.24) is 0 Å². The number of esters is 3. The van der Waals surface area contributed by atoms with Crippen LogP contribution in [0.25, 0.3) is 0 Å². The zero-order valence-corrected chi connectivity index (χ0v) is 51.3. The number of unbranched alkanes of at least 4 members (excludes halogenated alkanes) is 25. The monoisotopic (exact) mass is 1090 g/mol. The van der Waals surface area contributed by atoms with Gasteiger partial charge in [-0.3, -0.25) is 14.4 Å². The lowest BCUT2D eigenvalue weighted by Gasteiger charge is -2.18. The van der Waals surface area contributed by atoms with Gasteiger partial charge < -0.3 is 14.2 Å². The van der Waals surface area contributed by atoms with Gasteiger partial charge in [-0.2, -0.15) is 0 Å². The average Bonchev–Trinajstić information content (AvgIpc) is 3.45. The highest BCUT2D eigenvalue weighted by atomic mass is 16.6. The predicted molar refractivity (Wildman–Crippen MR) is 343 cm³/mol. The van der Waals surface area contributed by atoms with E-state index in [1.807, 2.05) is 12.2 Å². The summed E-state index contributed by atoms with van der Waals surface area (Å²) in [5, 5.41) is 0. The molecule has 0 amide bonds. The molecule has 0 aromatic heterocycles. The maximum absolute atomic E-state index is 12.9. The molecule has 6 heteroatoms. The fraction of sp³-hybridized carbons (Fsp3) is 0.658. The van der Waals surface area contributed by atoms with Crippen LogP contribution in [0, 0.1) is 0 Å². The van der Waals surface area contributed by atoms with Crippen molar-refractivity contribution in [3.63, 3.8) is 0 Å². The van der Waals surface area contributed by atoms with E-state index >= 15 is 0 Å². The van der Waals surface area contributed by atoms with Crippen LogP contribution in [-0.2, 0) is 28.6 Å². The number of carbonyl (C=O) groups excluding carboxylic acids is 3. The van der Waals surface area contributed by atoms with Crippen molar-refractivity contribution in [3.8, 4) is 0 Å². The summed E-state index contributed by atoms with van der Waals surface area (Å²) >= 11 is 0. The van der Waals surface area contributed by atoms with E-state index in [-0.39, 0.29) is 44.0 Å². The summed E-state index contributed by atoms with van der Waals surface area (Å²) < 4.78 is 16.8. The lowest BCUT2D eigenvalue weighted by atomic mass is 10.0. The lowest BCUT2D eigenvalue weighted by Crippen LogP contribution is -2.30. The summed E-state index contributed by atoms with van der Waals surface area (Å²) in [6.07, 6.45) is 93.5. The maximum atomic E-state index is 12.9. The van der Waals surface area contributed by atoms with Crippen LogP contribution in [0.3, 0.4) is 0 Å². The molecule has 448 valence electrons. The molecule has 0 fully saturated rings. The third kappa shape index (κ3) is 64.3. The smallest absolute Gasteiger partial charge is 0.306 e. The van der Waals surface area contributed by atoms with Crippen molar-refractivity contribution in [2.75, 3.05) is 13.2 Å². The Balaban J connectivity index is 4.33. The second-order valence-corrected chi connectivity index (χ2v) is 21.3. The second kappa shape index (κ2) is 66.1. The molecule has 0 saturated carbocycles. The highest BCUT2D eigenvalue weighted by molar-refractivity contribution is 5.71. The van der Waals surface area contributed by atoms with Gasteiger partial charge in [0.1, 0.15) is 13.2 Å². The maximum Gasteiger partial charge on any atom is 0.306 e. The Morgan fingerprint density at radius 1 is 0.266 bits per heavy atom. The van der Waals surface area contributed by atoms with Gasteiger partial charge in [0, 0.05) is 19.3 Å². The Bertz CT molecular complexity index is 1680. The number of hydrogen-bond acceptors (Lipinski definition) is 6. The van der Waals surface area contributed by atoms with Crippen LogP contribution in [0.15, 0.2) is 134 Å². The Morgan fingerprint density at radius 2 is 0.519 bits per heavy atom. The van der Waals surface area contributed by atoms with Crippen molar-refractivity contribution in [3.05, 3.63) is 134 Å². The van der Waals surface area contributed by atoms with E-state index in [9.17, 15) is 14.4 Å². The first-order valence-corrected chi connectivity index (χ1v) is 32.7. The first kappa shape index (κ1) is 74.5. The van der Waals surface area contributed by atoms with Crippen molar-refractivity contribution in [2.45, 2.75) is 297 Å². The number of rotatable bonds is 58. The molecule has 0 bridgehead atoms. The van der Waals surface area contributed by atoms with Crippen LogP contribution in [0.1, 0.15) is 290 Å². The molecular weight excluding hydrogens is 973 g/mol. The van der Waals surface area contributed by atoms with Crippen LogP contribution in [0.4, 0.5) is 0 Å². The lowest BCUT2D eigenvalue weighted by molar-refractivity contribution is -0.166. The first-order chi connectivity index (χ1) is 39.0. The molecule has 0 heterocycles. The SMILES string of the molecule is CC/C=C\C/C=C\C/C=C\C/C=C\C/C=C\CCCCCC(=O)OC(COC(=O)CC/C=C\C/C=C\C/C=C\C/C=C\CC)COC(=O)CCCCCCCCCCCCCCCCCCC/C=C\C/C=C\CCCCCCC. The number of hydrogen-bond donors (Lipinski definition) is 0. The Labute approximate surface area is 487 Å². The number of ether oxygens (including phenoxy) is 3. The first-order valence-electron chi connectivity index (χ1n) is 32.7. The average molecular weight is 1090 g/mol. The third-order valence-electron chi connectivity index (χ3n) is 13.6. The van der Waals surface area contributed by atoms with Gasteiger partial charge >= 0.3 is 17.9 Å². The van der Waals surface area contributed by atoms with Gasteiger partial charge in [-0.25, -0.2) is 0 Å². The highest BCUT2D eigenvalue weighted by Crippen LogP contribution is 2.16. The van der Waals surface area contributed by atoms with E-state index in [0.717, 1.165) is 103 Å². The van der Waals surface area contributed by atoms with E-state index in [1.54, 1.807) is 0 Å². The molecule has 0 aliphatic heterocycles. The summed E-state index contributed by atoms with van der Waals surface area (Å²) in [6.45, 7) is 6.32. The molecule has 0 rings (SSSR count). The normalized spacial score (nSPS) is 13.0. The molecule has 0 aromatic rings. The summed E-state index contributed by atoms with van der Waals surface area (Å²) in [6, 6.07) is 0. The van der Waals surface area contributed by atoms with Gasteiger partial charge in [-0.1, -0.05) is 283 Å². The van der Waals surface area contributed by atoms with Crippen LogP contribution >= 0.6 is 0 Å².